The van der Waals surface area contributed by atoms with E-state index in [1.165, 1.54) is 0 Å². The average molecular weight is 635 g/mol. The molecular formula is C39H42N2O6. The monoisotopic (exact) mass is 634 g/mol. The first-order chi connectivity index (χ1) is 22.7. The number of ether oxygens (including phenoxy) is 2. The van der Waals surface area contributed by atoms with Crippen LogP contribution in [0.5, 0.6) is 11.6 Å². The van der Waals surface area contributed by atoms with Crippen LogP contribution in [0.4, 0.5) is 0 Å². The van der Waals surface area contributed by atoms with Gasteiger partial charge in [0, 0.05) is 5.56 Å². The molecule has 8 heteroatoms. The number of ketones is 2. The number of nitrogens with two attached hydrogens (primary N) is 1. The van der Waals surface area contributed by atoms with Crippen LogP contribution in [-0.4, -0.2) is 21.8 Å². The zero-order chi connectivity index (χ0) is 32.9. The van der Waals surface area contributed by atoms with Gasteiger partial charge in [0.1, 0.15) is 24.5 Å². The van der Waals surface area contributed by atoms with E-state index < -0.39 is 34.7 Å². The highest BCUT2D eigenvalue weighted by Crippen LogP contribution is 2.71. The number of fused-ring (bicyclic) bond motifs is 2. The second kappa shape index (κ2) is 12.1. The van der Waals surface area contributed by atoms with Crippen LogP contribution in [0.1, 0.15) is 108 Å². The summed E-state index contributed by atoms with van der Waals surface area (Å²) in [6.45, 7) is 6.43. The van der Waals surface area contributed by atoms with Crippen LogP contribution >= 0.6 is 0 Å². The Bertz CT molecular complexity index is 1800. The van der Waals surface area contributed by atoms with E-state index >= 15 is 0 Å². The summed E-state index contributed by atoms with van der Waals surface area (Å²) < 4.78 is 18.1. The van der Waals surface area contributed by atoms with E-state index in [0.29, 0.717) is 43.6 Å². The molecule has 0 saturated heterocycles. The number of aliphatic hydroxyl groups excluding tert-OH is 1. The average Bonchev–Trinajstić information content (AvgIpc) is 3.50. The second-order valence-corrected chi connectivity index (χ2v) is 13.9. The number of aliphatic hydroxyl groups is 1. The Balaban J connectivity index is 1.29. The van der Waals surface area contributed by atoms with Gasteiger partial charge in [-0.25, -0.2) is 0 Å². The number of carbonyl (C=O) groups is 2. The fourth-order valence-electron chi connectivity index (χ4n) is 8.40. The van der Waals surface area contributed by atoms with Crippen LogP contribution in [0.25, 0.3) is 0 Å². The summed E-state index contributed by atoms with van der Waals surface area (Å²) in [5.41, 5.74) is 9.93. The second-order valence-electron chi connectivity index (χ2n) is 13.9. The fourth-order valence-corrected chi connectivity index (χ4v) is 8.40. The largest absolute Gasteiger partial charge is 0.489 e. The number of nitrogens with zero attached hydrogens (tertiary/aromatic N) is 1. The maximum atomic E-state index is 14.9. The van der Waals surface area contributed by atoms with Crippen LogP contribution in [0.3, 0.4) is 0 Å². The molecule has 3 N–H and O–H groups in total. The molecule has 3 aliphatic rings. The van der Waals surface area contributed by atoms with E-state index in [0.717, 1.165) is 28.7 Å². The van der Waals surface area contributed by atoms with Crippen molar-refractivity contribution >= 4 is 11.6 Å². The Morgan fingerprint density at radius 2 is 1.60 bits per heavy atom. The van der Waals surface area contributed by atoms with Gasteiger partial charge < -0.3 is 24.8 Å². The van der Waals surface area contributed by atoms with Gasteiger partial charge in [-0.1, -0.05) is 80.6 Å². The number of hydrogen-bond acceptors (Lipinski definition) is 8. The van der Waals surface area contributed by atoms with Crippen molar-refractivity contribution in [3.8, 4) is 11.6 Å². The maximum absolute atomic E-state index is 14.9. The SMILES string of the molecule is CC1C(=O)c2c(OCc3ccccc3)noc2C(N)CCC23CCC2(C1=O)C(O)c1c(OCc2ccccc2)ccc(C(C)C)c1C3. The van der Waals surface area contributed by atoms with Crippen molar-refractivity contribution < 1.29 is 28.7 Å². The van der Waals surface area contributed by atoms with Crippen LogP contribution in [-0.2, 0) is 24.4 Å². The van der Waals surface area contributed by atoms with Crippen molar-refractivity contribution in [1.82, 2.24) is 5.16 Å². The highest BCUT2D eigenvalue weighted by molar-refractivity contribution is 6.14. The van der Waals surface area contributed by atoms with Crippen LogP contribution in [0.2, 0.25) is 0 Å². The molecule has 5 atom stereocenters. The molecule has 1 saturated carbocycles. The van der Waals surface area contributed by atoms with Crippen molar-refractivity contribution in [2.45, 2.75) is 84.2 Å². The molecule has 1 aromatic heterocycles. The van der Waals surface area contributed by atoms with Gasteiger partial charge in [0.05, 0.1) is 23.5 Å². The predicted molar refractivity (Wildman–Crippen MR) is 176 cm³/mol. The smallest absolute Gasteiger partial charge is 0.265 e. The summed E-state index contributed by atoms with van der Waals surface area (Å²) in [7, 11) is 0. The lowest BCUT2D eigenvalue weighted by Gasteiger charge is -2.64. The molecule has 3 aromatic carbocycles. The number of benzene rings is 3. The first kappa shape index (κ1) is 31.3. The summed E-state index contributed by atoms with van der Waals surface area (Å²) in [5, 5.41) is 16.7. The fraction of sp³-hybridized carbons (Fsp3) is 0.410. The molecule has 0 aliphatic heterocycles. The summed E-state index contributed by atoms with van der Waals surface area (Å²) in [6, 6.07) is 22.8. The first-order valence-electron chi connectivity index (χ1n) is 16.7. The molecule has 4 aromatic rings. The lowest BCUT2D eigenvalue weighted by molar-refractivity contribution is -0.192. The molecule has 0 radical (unpaired) electrons. The van der Waals surface area contributed by atoms with Gasteiger partial charge in [-0.3, -0.25) is 9.59 Å². The van der Waals surface area contributed by atoms with Crippen LogP contribution < -0.4 is 15.2 Å². The zero-order valence-electron chi connectivity index (χ0n) is 27.2. The number of hydrogen-bond donors (Lipinski definition) is 2. The molecule has 47 heavy (non-hydrogen) atoms. The summed E-state index contributed by atoms with van der Waals surface area (Å²) in [5.74, 6) is -0.716. The quantitative estimate of drug-likeness (QED) is 0.205. The molecule has 0 spiro atoms. The standard InChI is InChI=1S/C39H42N2O6/c1-23(2)27-14-15-30(45-21-25-10-6-4-7-11-25)31-28(27)20-38-17-16-29(40)34-32(37(41-47-34)46-22-26-12-8-5-9-13-26)33(42)24(3)35(43)39(38,19-18-38)36(31)44/h4-15,23-24,29,36,44H,16-22,40H2,1-3H3. The molecule has 1 heterocycles. The Morgan fingerprint density at radius 1 is 0.936 bits per heavy atom. The predicted octanol–water partition coefficient (Wildman–Crippen LogP) is 7.19. The molecule has 0 amide bonds. The third-order valence-corrected chi connectivity index (χ3v) is 11.1. The van der Waals surface area contributed by atoms with Crippen molar-refractivity contribution in [3.63, 3.8) is 0 Å². The highest BCUT2D eigenvalue weighted by Gasteiger charge is 2.70. The molecule has 7 rings (SSSR count). The number of Topliss-reactive ketones (excluding diaryl/α,β-unsaturated/α-hetero) is 2. The summed E-state index contributed by atoms with van der Waals surface area (Å²) in [6.07, 6.45) is 1.74. The summed E-state index contributed by atoms with van der Waals surface area (Å²) >= 11 is 0. The lowest BCUT2D eigenvalue weighted by Crippen LogP contribution is -2.64. The molecule has 1 fully saturated rings. The minimum absolute atomic E-state index is 0.0367. The van der Waals surface area contributed by atoms with E-state index in [-0.39, 0.29) is 35.5 Å². The van der Waals surface area contributed by atoms with Gasteiger partial charge in [0.25, 0.3) is 5.88 Å². The number of carbonyl (C=O) groups excluding carboxylic acids is 2. The van der Waals surface area contributed by atoms with E-state index in [4.69, 9.17) is 19.7 Å². The Kier molecular flexibility index (Phi) is 8.05. The lowest BCUT2D eigenvalue weighted by atomic mass is 9.38. The van der Waals surface area contributed by atoms with Gasteiger partial charge in [0.2, 0.25) is 0 Å². The molecule has 244 valence electrons. The van der Waals surface area contributed by atoms with Gasteiger partial charge in [0.15, 0.2) is 17.3 Å². The van der Waals surface area contributed by atoms with Gasteiger partial charge >= 0.3 is 0 Å². The van der Waals surface area contributed by atoms with E-state index in [1.807, 2.05) is 66.7 Å². The van der Waals surface area contributed by atoms with E-state index in [1.54, 1.807) is 6.92 Å². The summed E-state index contributed by atoms with van der Waals surface area (Å²) in [4.78, 5) is 29.2. The molecule has 3 aliphatic carbocycles. The van der Waals surface area contributed by atoms with Gasteiger partial charge in [-0.15, -0.1) is 0 Å². The maximum Gasteiger partial charge on any atom is 0.265 e. The number of rotatable bonds is 7. The molecule has 8 nitrogen and oxygen atoms in total. The minimum atomic E-state index is -1.16. The van der Waals surface area contributed by atoms with Crippen molar-refractivity contribution in [1.29, 1.82) is 0 Å². The van der Waals surface area contributed by atoms with Crippen molar-refractivity contribution in [3.05, 3.63) is 112 Å². The molecular weight excluding hydrogens is 592 g/mol. The van der Waals surface area contributed by atoms with Crippen LogP contribution in [0, 0.1) is 16.7 Å². The Labute approximate surface area is 275 Å². The van der Waals surface area contributed by atoms with Crippen molar-refractivity contribution in [2.75, 3.05) is 0 Å². The Morgan fingerprint density at radius 3 is 2.21 bits per heavy atom. The molecule has 0 bridgehead atoms. The first-order valence-corrected chi connectivity index (χ1v) is 16.7. The topological polar surface area (TPSA) is 125 Å². The minimum Gasteiger partial charge on any atom is -0.489 e. The molecule has 5 unspecified atom stereocenters. The third-order valence-electron chi connectivity index (χ3n) is 11.1. The van der Waals surface area contributed by atoms with E-state index in [9.17, 15) is 14.7 Å². The third kappa shape index (κ3) is 5.00. The van der Waals surface area contributed by atoms with Gasteiger partial charge in [-0.2, -0.15) is 0 Å². The van der Waals surface area contributed by atoms with Crippen LogP contribution in [0.15, 0.2) is 77.3 Å². The van der Waals surface area contributed by atoms with Crippen molar-refractivity contribution in [2.24, 2.45) is 22.5 Å². The Hall–Kier alpha value is -4.27. The number of aromatic nitrogens is 1. The highest BCUT2D eigenvalue weighted by atomic mass is 16.5. The van der Waals surface area contributed by atoms with E-state index in [2.05, 4.69) is 25.1 Å². The van der Waals surface area contributed by atoms with Gasteiger partial charge in [-0.05, 0) is 83.8 Å². The normalized spacial score (nSPS) is 26.8. The zero-order valence-corrected chi connectivity index (χ0v) is 27.2.